The molecular weight excluding hydrogens is 260 g/mol. The molecule has 5 fully saturated rings. The van der Waals surface area contributed by atoms with Gasteiger partial charge in [0.1, 0.15) is 0 Å². The van der Waals surface area contributed by atoms with Crippen LogP contribution in [0, 0.1) is 22.7 Å². The van der Waals surface area contributed by atoms with Gasteiger partial charge >= 0.3 is 0 Å². The van der Waals surface area contributed by atoms with Crippen LogP contribution in [-0.2, 0) is 4.79 Å². The molecule has 21 heavy (non-hydrogen) atoms. The maximum Gasteiger partial charge on any atom is 0.237 e. The zero-order chi connectivity index (χ0) is 14.9. The molecule has 4 aliphatic carbocycles. The molecule has 0 aromatic rings. The molecule has 1 aliphatic heterocycles. The van der Waals surface area contributed by atoms with Gasteiger partial charge in [-0.1, -0.05) is 20.8 Å². The number of nitrogens with one attached hydrogen (secondary N) is 2. The van der Waals surface area contributed by atoms with E-state index < -0.39 is 0 Å². The van der Waals surface area contributed by atoms with Gasteiger partial charge in [0.15, 0.2) is 0 Å². The van der Waals surface area contributed by atoms with E-state index in [-0.39, 0.29) is 17.5 Å². The van der Waals surface area contributed by atoms with Gasteiger partial charge in [-0.15, -0.1) is 0 Å². The van der Waals surface area contributed by atoms with Gasteiger partial charge in [0.25, 0.3) is 0 Å². The van der Waals surface area contributed by atoms with Crippen molar-refractivity contribution in [2.75, 3.05) is 6.54 Å². The third-order valence-electron chi connectivity index (χ3n) is 6.83. The monoisotopic (exact) mass is 290 g/mol. The zero-order valence-corrected chi connectivity index (χ0v) is 13.8. The van der Waals surface area contributed by atoms with Crippen LogP contribution in [0.5, 0.6) is 0 Å². The van der Waals surface area contributed by atoms with Gasteiger partial charge in [-0.25, -0.2) is 0 Å². The summed E-state index contributed by atoms with van der Waals surface area (Å²) in [5.41, 5.74) is 1.04. The summed E-state index contributed by atoms with van der Waals surface area (Å²) < 4.78 is 0. The van der Waals surface area contributed by atoms with Crippen LogP contribution in [0.3, 0.4) is 0 Å². The van der Waals surface area contributed by atoms with Crippen molar-refractivity contribution in [3.05, 3.63) is 0 Å². The van der Waals surface area contributed by atoms with Crippen LogP contribution in [0.1, 0.15) is 65.7 Å². The molecule has 0 radical (unpaired) electrons. The molecule has 1 amide bonds. The van der Waals surface area contributed by atoms with E-state index in [4.69, 9.17) is 0 Å². The maximum atomic E-state index is 12.8. The van der Waals surface area contributed by atoms with Crippen LogP contribution >= 0.6 is 0 Å². The van der Waals surface area contributed by atoms with Crippen molar-refractivity contribution < 1.29 is 4.79 Å². The topological polar surface area (TPSA) is 41.1 Å². The van der Waals surface area contributed by atoms with E-state index in [1.54, 1.807) is 0 Å². The Bertz CT molecular complexity index is 456. The standard InChI is InChI=1S/C18H30N2O/c1-12-4-5-19-14(12)15(21)20-18-8-13-6-16(2,10-18)9-17(3,7-13)11-18/h12-14,19H,4-11H2,1-3H3,(H,20,21). The lowest BCUT2D eigenvalue weighted by molar-refractivity contribution is -0.141. The summed E-state index contributed by atoms with van der Waals surface area (Å²) in [6, 6.07) is 0.0404. The average molecular weight is 290 g/mol. The second-order valence-corrected chi connectivity index (χ2v) is 9.60. The highest BCUT2D eigenvalue weighted by Crippen LogP contribution is 2.66. The summed E-state index contributed by atoms with van der Waals surface area (Å²) in [5, 5.41) is 6.94. The Labute approximate surface area is 128 Å². The second kappa shape index (κ2) is 4.24. The Morgan fingerprint density at radius 1 is 1.10 bits per heavy atom. The molecule has 4 saturated carbocycles. The first kappa shape index (κ1) is 14.0. The molecule has 4 bridgehead atoms. The number of hydrogen-bond donors (Lipinski definition) is 2. The van der Waals surface area contributed by atoms with E-state index in [9.17, 15) is 4.79 Å². The van der Waals surface area contributed by atoms with E-state index in [2.05, 4.69) is 31.4 Å². The molecule has 1 saturated heterocycles. The van der Waals surface area contributed by atoms with Gasteiger partial charge in [-0.2, -0.15) is 0 Å². The molecule has 5 aliphatic rings. The van der Waals surface area contributed by atoms with Gasteiger partial charge in [-0.3, -0.25) is 4.79 Å². The van der Waals surface area contributed by atoms with Crippen molar-refractivity contribution in [2.24, 2.45) is 22.7 Å². The van der Waals surface area contributed by atoms with Gasteiger partial charge in [-0.05, 0) is 74.2 Å². The Kier molecular flexibility index (Phi) is 2.84. The van der Waals surface area contributed by atoms with E-state index in [1.165, 1.54) is 38.5 Å². The molecule has 4 atom stereocenters. The first-order chi connectivity index (χ1) is 9.81. The molecule has 0 spiro atoms. The van der Waals surface area contributed by atoms with Crippen LogP contribution in [0.2, 0.25) is 0 Å². The van der Waals surface area contributed by atoms with Crippen molar-refractivity contribution >= 4 is 5.91 Å². The molecule has 3 nitrogen and oxygen atoms in total. The summed E-state index contributed by atoms with van der Waals surface area (Å²) in [5.74, 6) is 1.59. The molecular formula is C18H30N2O. The van der Waals surface area contributed by atoms with E-state index in [1.807, 2.05) is 0 Å². The summed E-state index contributed by atoms with van der Waals surface area (Å²) in [6.07, 6.45) is 8.91. The van der Waals surface area contributed by atoms with Crippen LogP contribution in [-0.4, -0.2) is 24.0 Å². The summed E-state index contributed by atoms with van der Waals surface area (Å²) in [7, 11) is 0. The Hall–Kier alpha value is -0.570. The number of amides is 1. The lowest BCUT2D eigenvalue weighted by Crippen LogP contribution is -2.66. The maximum absolute atomic E-state index is 12.8. The fourth-order valence-electron chi connectivity index (χ4n) is 7.11. The smallest absolute Gasteiger partial charge is 0.237 e. The first-order valence-corrected chi connectivity index (χ1v) is 8.86. The molecule has 0 aromatic carbocycles. The quantitative estimate of drug-likeness (QED) is 0.821. The zero-order valence-electron chi connectivity index (χ0n) is 13.8. The van der Waals surface area contributed by atoms with Crippen LogP contribution in [0.25, 0.3) is 0 Å². The number of rotatable bonds is 2. The first-order valence-electron chi connectivity index (χ1n) is 8.86. The molecule has 5 rings (SSSR count). The summed E-state index contributed by atoms with van der Waals surface area (Å²) in [6.45, 7) is 8.12. The SMILES string of the molecule is CC1CCNC1C(=O)NC12CC3CC(C)(CC(C)(C3)C1)C2. The van der Waals surface area contributed by atoms with E-state index in [0.29, 0.717) is 16.7 Å². The molecule has 3 heteroatoms. The second-order valence-electron chi connectivity index (χ2n) is 9.60. The predicted octanol–water partition coefficient (Wildman–Crippen LogP) is 2.85. The van der Waals surface area contributed by atoms with Gasteiger partial charge in [0, 0.05) is 5.54 Å². The summed E-state index contributed by atoms with van der Waals surface area (Å²) >= 11 is 0. The van der Waals surface area contributed by atoms with Crippen LogP contribution in [0.4, 0.5) is 0 Å². The Morgan fingerprint density at radius 3 is 2.29 bits per heavy atom. The fraction of sp³-hybridized carbons (Fsp3) is 0.944. The lowest BCUT2D eigenvalue weighted by Gasteiger charge is -2.65. The van der Waals surface area contributed by atoms with Crippen molar-refractivity contribution in [3.8, 4) is 0 Å². The van der Waals surface area contributed by atoms with Crippen molar-refractivity contribution in [1.29, 1.82) is 0 Å². The Morgan fingerprint density at radius 2 is 1.76 bits per heavy atom. The molecule has 0 aromatic heterocycles. The molecule has 1 heterocycles. The average Bonchev–Trinajstić information content (AvgIpc) is 2.69. The van der Waals surface area contributed by atoms with Crippen LogP contribution in [0.15, 0.2) is 0 Å². The third kappa shape index (κ3) is 2.23. The summed E-state index contributed by atoms with van der Waals surface area (Å²) in [4.78, 5) is 12.8. The third-order valence-corrected chi connectivity index (χ3v) is 6.83. The molecule has 118 valence electrons. The minimum Gasteiger partial charge on any atom is -0.349 e. The van der Waals surface area contributed by atoms with Gasteiger partial charge in [0.2, 0.25) is 5.91 Å². The number of hydrogen-bond acceptors (Lipinski definition) is 2. The number of carbonyl (C=O) groups excluding carboxylic acids is 1. The van der Waals surface area contributed by atoms with Crippen molar-refractivity contribution in [1.82, 2.24) is 10.6 Å². The highest BCUT2D eigenvalue weighted by molar-refractivity contribution is 5.83. The van der Waals surface area contributed by atoms with E-state index in [0.717, 1.165) is 18.9 Å². The Balaban J connectivity index is 1.56. The van der Waals surface area contributed by atoms with Gasteiger partial charge < -0.3 is 10.6 Å². The van der Waals surface area contributed by atoms with Crippen LogP contribution < -0.4 is 10.6 Å². The normalized spacial score (nSPS) is 54.9. The van der Waals surface area contributed by atoms with Crippen molar-refractivity contribution in [3.63, 3.8) is 0 Å². The van der Waals surface area contributed by atoms with E-state index >= 15 is 0 Å². The number of carbonyl (C=O) groups is 1. The minimum atomic E-state index is 0.0404. The fourth-order valence-corrected chi connectivity index (χ4v) is 7.11. The largest absolute Gasteiger partial charge is 0.349 e. The molecule has 2 N–H and O–H groups in total. The van der Waals surface area contributed by atoms with Gasteiger partial charge in [0.05, 0.1) is 6.04 Å². The molecule has 4 unspecified atom stereocenters. The minimum absolute atomic E-state index is 0.0404. The lowest BCUT2D eigenvalue weighted by atomic mass is 9.43. The highest BCUT2D eigenvalue weighted by Gasteiger charge is 2.60. The van der Waals surface area contributed by atoms with Crippen molar-refractivity contribution in [2.45, 2.75) is 77.3 Å². The predicted molar refractivity (Wildman–Crippen MR) is 83.9 cm³/mol. The highest BCUT2D eigenvalue weighted by atomic mass is 16.2.